The second-order valence-electron chi connectivity index (χ2n) is 7.14. The smallest absolute Gasteiger partial charge is 0.262 e. The number of hydrogen-bond donors (Lipinski definition) is 1. The van der Waals surface area contributed by atoms with Crippen LogP contribution < -0.4 is 29.0 Å². The van der Waals surface area contributed by atoms with Crippen LogP contribution in [0.25, 0.3) is 10.9 Å². The van der Waals surface area contributed by atoms with E-state index in [1.165, 1.54) is 0 Å². The standard InChI is InChI=1S/C26H24N2O6/c1-30-23-7-5-4-6-20(23)28-26(29)16-33-17-8-10-18(11-9-17)34-22-12-13-27-21-15-25(32-3)24(31-2)14-19(21)22/h4-15H,16H2,1-3H3,(H,28,29). The van der Waals surface area contributed by atoms with Crippen LogP contribution in [0.4, 0.5) is 5.69 Å². The van der Waals surface area contributed by atoms with Crippen molar-refractivity contribution in [1.29, 1.82) is 0 Å². The van der Waals surface area contributed by atoms with Crippen LogP contribution in [0.1, 0.15) is 0 Å². The Morgan fingerprint density at radius 1 is 0.794 bits per heavy atom. The number of carbonyl (C=O) groups is 1. The largest absolute Gasteiger partial charge is 0.495 e. The summed E-state index contributed by atoms with van der Waals surface area (Å²) in [5.41, 5.74) is 1.30. The van der Waals surface area contributed by atoms with Crippen molar-refractivity contribution >= 4 is 22.5 Å². The minimum Gasteiger partial charge on any atom is -0.495 e. The van der Waals surface area contributed by atoms with Crippen LogP contribution in [-0.4, -0.2) is 38.8 Å². The fraction of sp³-hybridized carbons (Fsp3) is 0.154. The van der Waals surface area contributed by atoms with Crippen molar-refractivity contribution in [2.24, 2.45) is 0 Å². The number of para-hydroxylation sites is 2. The number of ether oxygens (including phenoxy) is 5. The van der Waals surface area contributed by atoms with E-state index in [4.69, 9.17) is 23.7 Å². The zero-order valence-corrected chi connectivity index (χ0v) is 19.0. The van der Waals surface area contributed by atoms with Crippen molar-refractivity contribution in [3.63, 3.8) is 0 Å². The first-order valence-electron chi connectivity index (χ1n) is 10.5. The van der Waals surface area contributed by atoms with E-state index in [9.17, 15) is 4.79 Å². The lowest BCUT2D eigenvalue weighted by Gasteiger charge is -2.13. The van der Waals surface area contributed by atoms with Gasteiger partial charge >= 0.3 is 0 Å². The third-order valence-corrected chi connectivity index (χ3v) is 5.01. The Labute approximate surface area is 197 Å². The first-order valence-corrected chi connectivity index (χ1v) is 10.5. The topological polar surface area (TPSA) is 88.1 Å². The van der Waals surface area contributed by atoms with Gasteiger partial charge in [0.1, 0.15) is 23.0 Å². The summed E-state index contributed by atoms with van der Waals surface area (Å²) < 4.78 is 27.6. The second-order valence-corrected chi connectivity index (χ2v) is 7.14. The van der Waals surface area contributed by atoms with Gasteiger partial charge < -0.3 is 29.0 Å². The monoisotopic (exact) mass is 460 g/mol. The summed E-state index contributed by atoms with van der Waals surface area (Å²) in [5.74, 6) is 3.23. The summed E-state index contributed by atoms with van der Waals surface area (Å²) in [7, 11) is 4.71. The molecule has 0 aliphatic rings. The SMILES string of the molecule is COc1ccccc1NC(=O)COc1ccc(Oc2ccnc3cc(OC)c(OC)cc23)cc1. The van der Waals surface area contributed by atoms with Crippen LogP contribution in [-0.2, 0) is 4.79 Å². The Balaban J connectivity index is 1.41. The molecule has 0 aliphatic carbocycles. The molecular formula is C26H24N2O6. The molecule has 4 aromatic rings. The van der Waals surface area contributed by atoms with E-state index in [1.807, 2.05) is 18.2 Å². The van der Waals surface area contributed by atoms with E-state index in [1.54, 1.807) is 76.1 Å². The van der Waals surface area contributed by atoms with E-state index in [0.717, 1.165) is 10.9 Å². The van der Waals surface area contributed by atoms with Gasteiger partial charge in [-0.15, -0.1) is 0 Å². The van der Waals surface area contributed by atoms with E-state index < -0.39 is 0 Å². The Hall–Kier alpha value is -4.46. The molecule has 0 bridgehead atoms. The normalized spacial score (nSPS) is 10.4. The van der Waals surface area contributed by atoms with Crippen molar-refractivity contribution in [3.05, 3.63) is 72.9 Å². The number of hydrogen-bond acceptors (Lipinski definition) is 7. The molecular weight excluding hydrogens is 436 g/mol. The van der Waals surface area contributed by atoms with E-state index in [0.29, 0.717) is 40.2 Å². The number of methoxy groups -OCH3 is 3. The number of benzene rings is 3. The summed E-state index contributed by atoms with van der Waals surface area (Å²) in [4.78, 5) is 16.6. The molecule has 0 fully saturated rings. The number of amides is 1. The molecule has 174 valence electrons. The number of carbonyl (C=O) groups excluding carboxylic acids is 1. The molecule has 1 aromatic heterocycles. The molecule has 8 heteroatoms. The van der Waals surface area contributed by atoms with Crippen molar-refractivity contribution < 1.29 is 28.5 Å². The molecule has 34 heavy (non-hydrogen) atoms. The lowest BCUT2D eigenvalue weighted by Crippen LogP contribution is -2.20. The molecule has 4 rings (SSSR count). The van der Waals surface area contributed by atoms with E-state index >= 15 is 0 Å². The Morgan fingerprint density at radius 3 is 2.21 bits per heavy atom. The van der Waals surface area contributed by atoms with Crippen molar-refractivity contribution in [3.8, 4) is 34.5 Å². The Morgan fingerprint density at radius 2 is 1.47 bits per heavy atom. The molecule has 0 atom stereocenters. The van der Waals surface area contributed by atoms with Gasteiger partial charge in [0.25, 0.3) is 5.91 Å². The Bertz CT molecular complexity index is 1290. The third-order valence-electron chi connectivity index (χ3n) is 5.01. The average Bonchev–Trinajstić information content (AvgIpc) is 2.88. The molecule has 3 aromatic carbocycles. The van der Waals surface area contributed by atoms with Crippen LogP contribution in [0, 0.1) is 0 Å². The maximum Gasteiger partial charge on any atom is 0.262 e. The minimum absolute atomic E-state index is 0.144. The molecule has 0 spiro atoms. The van der Waals surface area contributed by atoms with Gasteiger partial charge in [0.15, 0.2) is 18.1 Å². The van der Waals surface area contributed by atoms with Crippen molar-refractivity contribution in [2.75, 3.05) is 33.3 Å². The minimum atomic E-state index is -0.294. The van der Waals surface area contributed by atoms with Crippen LogP contribution in [0.2, 0.25) is 0 Å². The molecule has 0 saturated carbocycles. The Kier molecular flexibility index (Phi) is 6.98. The number of rotatable bonds is 9. The summed E-state index contributed by atoms with van der Waals surface area (Å²) in [5, 5.41) is 3.56. The number of aromatic nitrogens is 1. The summed E-state index contributed by atoms with van der Waals surface area (Å²) >= 11 is 0. The number of nitrogens with one attached hydrogen (secondary N) is 1. The first-order chi connectivity index (χ1) is 16.6. The quantitative estimate of drug-likeness (QED) is 0.373. The highest BCUT2D eigenvalue weighted by atomic mass is 16.5. The van der Waals surface area contributed by atoms with Gasteiger partial charge in [0, 0.05) is 17.6 Å². The van der Waals surface area contributed by atoms with Crippen LogP contribution >= 0.6 is 0 Å². The number of pyridine rings is 1. The number of fused-ring (bicyclic) bond motifs is 1. The summed E-state index contributed by atoms with van der Waals surface area (Å²) in [6.07, 6.45) is 1.67. The molecule has 0 aliphatic heterocycles. The maximum absolute atomic E-state index is 12.2. The van der Waals surface area contributed by atoms with Crippen LogP contribution in [0.5, 0.6) is 34.5 Å². The predicted octanol–water partition coefficient (Wildman–Crippen LogP) is 5.07. The lowest BCUT2D eigenvalue weighted by molar-refractivity contribution is -0.118. The predicted molar refractivity (Wildman–Crippen MR) is 128 cm³/mol. The second kappa shape index (κ2) is 10.4. The van der Waals surface area contributed by atoms with Gasteiger partial charge in [-0.25, -0.2) is 0 Å². The van der Waals surface area contributed by atoms with E-state index in [-0.39, 0.29) is 12.5 Å². The van der Waals surface area contributed by atoms with Crippen molar-refractivity contribution in [1.82, 2.24) is 4.98 Å². The maximum atomic E-state index is 12.2. The highest BCUT2D eigenvalue weighted by molar-refractivity contribution is 5.93. The van der Waals surface area contributed by atoms with Gasteiger partial charge in [-0.1, -0.05) is 12.1 Å². The zero-order valence-electron chi connectivity index (χ0n) is 19.0. The van der Waals surface area contributed by atoms with Gasteiger partial charge in [0.05, 0.1) is 32.5 Å². The highest BCUT2D eigenvalue weighted by Gasteiger charge is 2.12. The van der Waals surface area contributed by atoms with Crippen molar-refractivity contribution in [2.45, 2.75) is 0 Å². The number of anilines is 1. The van der Waals surface area contributed by atoms with Gasteiger partial charge in [-0.3, -0.25) is 9.78 Å². The first kappa shape index (κ1) is 22.7. The molecule has 0 saturated heterocycles. The van der Waals surface area contributed by atoms with Gasteiger partial charge in [-0.05, 0) is 48.5 Å². The zero-order chi connectivity index (χ0) is 23.9. The molecule has 0 radical (unpaired) electrons. The molecule has 1 heterocycles. The summed E-state index contributed by atoms with van der Waals surface area (Å²) in [6.45, 7) is -0.144. The van der Waals surface area contributed by atoms with Gasteiger partial charge in [-0.2, -0.15) is 0 Å². The van der Waals surface area contributed by atoms with Crippen LogP contribution in [0.3, 0.4) is 0 Å². The average molecular weight is 460 g/mol. The number of nitrogens with zero attached hydrogens (tertiary/aromatic N) is 1. The van der Waals surface area contributed by atoms with Crippen LogP contribution in [0.15, 0.2) is 72.9 Å². The summed E-state index contributed by atoms with van der Waals surface area (Å²) in [6, 6.07) is 19.6. The highest BCUT2D eigenvalue weighted by Crippen LogP contribution is 2.37. The fourth-order valence-corrected chi connectivity index (χ4v) is 3.35. The molecule has 0 unspecified atom stereocenters. The third kappa shape index (κ3) is 5.12. The molecule has 8 nitrogen and oxygen atoms in total. The lowest BCUT2D eigenvalue weighted by atomic mass is 10.2. The van der Waals surface area contributed by atoms with Gasteiger partial charge in [0.2, 0.25) is 0 Å². The molecule has 1 N–H and O–H groups in total. The molecule has 1 amide bonds. The van der Waals surface area contributed by atoms with E-state index in [2.05, 4.69) is 10.3 Å². The fourth-order valence-electron chi connectivity index (χ4n) is 3.35.